The highest BCUT2D eigenvalue weighted by Crippen LogP contribution is 2.21. The number of hydrogen-bond donors (Lipinski definition) is 3. The van der Waals surface area contributed by atoms with E-state index in [1.54, 1.807) is 14.0 Å². The second-order valence-electron chi connectivity index (χ2n) is 5.14. The van der Waals surface area contributed by atoms with E-state index in [9.17, 15) is 14.7 Å². The summed E-state index contributed by atoms with van der Waals surface area (Å²) in [7, 11) is 1.58. The summed E-state index contributed by atoms with van der Waals surface area (Å²) in [5.74, 6) is -0.960. The molecule has 0 aliphatic carbocycles. The summed E-state index contributed by atoms with van der Waals surface area (Å²) in [6.45, 7) is 2.81. The number of nitrogens with one attached hydrogen (secondary N) is 1. The molecule has 0 aromatic heterocycles. The Balaban J connectivity index is 2.41. The quantitative estimate of drug-likeness (QED) is 0.657. The van der Waals surface area contributed by atoms with Crippen LogP contribution in [0.1, 0.15) is 26.2 Å². The van der Waals surface area contributed by atoms with Crippen LogP contribution in [-0.2, 0) is 9.53 Å². The molecule has 0 aromatic carbocycles. The van der Waals surface area contributed by atoms with Crippen LogP contribution < -0.4 is 5.32 Å². The molecule has 0 bridgehead atoms. The first-order chi connectivity index (χ1) is 8.82. The number of nitrogens with zero attached hydrogens (tertiary/aromatic N) is 1. The summed E-state index contributed by atoms with van der Waals surface area (Å²) < 4.78 is 5.17. The molecule has 1 rings (SSSR count). The topological polar surface area (TPSA) is 99.1 Å². The van der Waals surface area contributed by atoms with Gasteiger partial charge < -0.3 is 25.2 Å². The fraction of sp³-hybridized carbons (Fsp3) is 0.833. The largest absolute Gasteiger partial charge is 0.481 e. The molecule has 0 radical (unpaired) electrons. The Kier molecular flexibility index (Phi) is 5.56. The molecule has 1 saturated heterocycles. The first-order valence-corrected chi connectivity index (χ1v) is 6.36. The number of amides is 2. The first kappa shape index (κ1) is 15.7. The van der Waals surface area contributed by atoms with E-state index in [0.29, 0.717) is 26.1 Å². The minimum absolute atomic E-state index is 0.127. The Morgan fingerprint density at radius 3 is 2.53 bits per heavy atom. The second kappa shape index (κ2) is 6.72. The van der Waals surface area contributed by atoms with E-state index >= 15 is 0 Å². The van der Waals surface area contributed by atoms with Crippen LogP contribution in [-0.4, -0.2) is 65.6 Å². The molecule has 110 valence electrons. The average Bonchev–Trinajstić information content (AvgIpc) is 2.27. The van der Waals surface area contributed by atoms with Gasteiger partial charge in [0.15, 0.2) is 0 Å². The number of carbonyl (C=O) groups is 2. The number of carbonyl (C=O) groups excluding carboxylic acids is 1. The molecule has 0 saturated carbocycles. The van der Waals surface area contributed by atoms with Crippen molar-refractivity contribution in [1.82, 2.24) is 10.2 Å². The molecule has 1 atom stereocenters. The van der Waals surface area contributed by atoms with Crippen molar-refractivity contribution >= 4 is 12.0 Å². The standard InChI is InChI=1S/C12H22N2O5/c1-9(7-10(15)16)13-11(17)14(2)8-12(18)3-5-19-6-4-12/h9,18H,3-8H2,1-2H3,(H,13,17)(H,15,16). The lowest BCUT2D eigenvalue weighted by Gasteiger charge is -2.35. The number of aliphatic carboxylic acids is 1. The number of aliphatic hydroxyl groups is 1. The predicted molar refractivity (Wildman–Crippen MR) is 67.9 cm³/mol. The van der Waals surface area contributed by atoms with Gasteiger partial charge in [0.1, 0.15) is 0 Å². The van der Waals surface area contributed by atoms with Gasteiger partial charge >= 0.3 is 12.0 Å². The van der Waals surface area contributed by atoms with Gasteiger partial charge in [-0.05, 0) is 6.92 Å². The molecule has 1 aliphatic heterocycles. The highest BCUT2D eigenvalue weighted by Gasteiger charge is 2.32. The summed E-state index contributed by atoms with van der Waals surface area (Å²) in [5, 5.41) is 21.5. The third-order valence-electron chi connectivity index (χ3n) is 3.15. The summed E-state index contributed by atoms with van der Waals surface area (Å²) in [6.07, 6.45) is 0.863. The Morgan fingerprint density at radius 2 is 2.00 bits per heavy atom. The van der Waals surface area contributed by atoms with E-state index in [4.69, 9.17) is 9.84 Å². The van der Waals surface area contributed by atoms with Crippen LogP contribution in [0.3, 0.4) is 0 Å². The Bertz CT molecular complexity index is 328. The maximum Gasteiger partial charge on any atom is 0.317 e. The lowest BCUT2D eigenvalue weighted by Crippen LogP contribution is -2.51. The van der Waals surface area contributed by atoms with E-state index in [1.807, 2.05) is 0 Å². The van der Waals surface area contributed by atoms with Gasteiger partial charge in [0.05, 0.1) is 18.6 Å². The molecule has 1 fully saturated rings. The zero-order valence-corrected chi connectivity index (χ0v) is 11.4. The smallest absolute Gasteiger partial charge is 0.317 e. The van der Waals surface area contributed by atoms with Crippen LogP contribution in [0.15, 0.2) is 0 Å². The van der Waals surface area contributed by atoms with Crippen molar-refractivity contribution in [2.75, 3.05) is 26.8 Å². The van der Waals surface area contributed by atoms with Crippen molar-refractivity contribution in [3.63, 3.8) is 0 Å². The van der Waals surface area contributed by atoms with Crippen molar-refractivity contribution in [2.24, 2.45) is 0 Å². The lowest BCUT2D eigenvalue weighted by molar-refractivity contribution is -0.137. The van der Waals surface area contributed by atoms with Gasteiger partial charge in [0.25, 0.3) is 0 Å². The molecule has 3 N–H and O–H groups in total. The fourth-order valence-electron chi connectivity index (χ4n) is 2.06. The van der Waals surface area contributed by atoms with Crippen molar-refractivity contribution in [2.45, 2.75) is 37.8 Å². The van der Waals surface area contributed by atoms with Gasteiger partial charge in [0.2, 0.25) is 0 Å². The van der Waals surface area contributed by atoms with Crippen LogP contribution in [0.4, 0.5) is 4.79 Å². The monoisotopic (exact) mass is 274 g/mol. The maximum atomic E-state index is 11.8. The minimum atomic E-state index is -0.960. The summed E-state index contributed by atoms with van der Waals surface area (Å²) in [4.78, 5) is 23.7. The molecule has 2 amide bonds. The lowest BCUT2D eigenvalue weighted by atomic mass is 9.94. The number of carboxylic acids is 1. The molecule has 1 aliphatic rings. The minimum Gasteiger partial charge on any atom is -0.481 e. The van der Waals surface area contributed by atoms with Crippen molar-refractivity contribution in [3.05, 3.63) is 0 Å². The number of urea groups is 1. The normalized spacial score (nSPS) is 19.5. The Labute approximate surface area is 112 Å². The van der Waals surface area contributed by atoms with Crippen molar-refractivity contribution < 1.29 is 24.5 Å². The van der Waals surface area contributed by atoms with E-state index in [0.717, 1.165) is 0 Å². The molecular formula is C12H22N2O5. The average molecular weight is 274 g/mol. The van der Waals surface area contributed by atoms with E-state index in [-0.39, 0.29) is 19.0 Å². The van der Waals surface area contributed by atoms with Crippen molar-refractivity contribution in [3.8, 4) is 0 Å². The SMILES string of the molecule is CC(CC(=O)O)NC(=O)N(C)CC1(O)CCOCC1. The van der Waals surface area contributed by atoms with E-state index in [2.05, 4.69) is 5.32 Å². The van der Waals surface area contributed by atoms with Gasteiger partial charge in [-0.25, -0.2) is 4.79 Å². The fourth-order valence-corrected chi connectivity index (χ4v) is 2.06. The molecule has 19 heavy (non-hydrogen) atoms. The number of carboxylic acid groups (broad SMARTS) is 1. The molecular weight excluding hydrogens is 252 g/mol. The third kappa shape index (κ3) is 5.44. The molecule has 1 unspecified atom stereocenters. The van der Waals surface area contributed by atoms with Crippen LogP contribution in [0, 0.1) is 0 Å². The molecule has 0 spiro atoms. The molecule has 7 nitrogen and oxygen atoms in total. The van der Waals surface area contributed by atoms with Crippen LogP contribution in [0.25, 0.3) is 0 Å². The van der Waals surface area contributed by atoms with Gasteiger partial charge in [-0.3, -0.25) is 4.79 Å². The van der Waals surface area contributed by atoms with Crippen LogP contribution >= 0.6 is 0 Å². The van der Waals surface area contributed by atoms with Gasteiger partial charge in [-0.1, -0.05) is 0 Å². The highest BCUT2D eigenvalue weighted by molar-refractivity contribution is 5.75. The highest BCUT2D eigenvalue weighted by atomic mass is 16.5. The number of likely N-dealkylation sites (N-methyl/N-ethyl adjacent to an activating group) is 1. The molecule has 7 heteroatoms. The third-order valence-corrected chi connectivity index (χ3v) is 3.15. The van der Waals surface area contributed by atoms with E-state index < -0.39 is 17.6 Å². The number of hydrogen-bond acceptors (Lipinski definition) is 4. The zero-order chi connectivity index (χ0) is 14.5. The first-order valence-electron chi connectivity index (χ1n) is 6.36. The summed E-state index contributed by atoms with van der Waals surface area (Å²) in [6, 6.07) is -0.828. The predicted octanol–water partition coefficient (Wildman–Crippen LogP) is 0.0325. The Morgan fingerprint density at radius 1 is 1.42 bits per heavy atom. The van der Waals surface area contributed by atoms with Gasteiger partial charge in [-0.15, -0.1) is 0 Å². The molecule has 0 aromatic rings. The summed E-state index contributed by atoms with van der Waals surface area (Å²) >= 11 is 0. The second-order valence-corrected chi connectivity index (χ2v) is 5.14. The zero-order valence-electron chi connectivity index (χ0n) is 11.4. The number of ether oxygens (including phenoxy) is 1. The van der Waals surface area contributed by atoms with Gasteiger partial charge in [0, 0.05) is 39.1 Å². The van der Waals surface area contributed by atoms with Gasteiger partial charge in [-0.2, -0.15) is 0 Å². The molecule has 1 heterocycles. The maximum absolute atomic E-state index is 11.8. The van der Waals surface area contributed by atoms with Crippen molar-refractivity contribution in [1.29, 1.82) is 0 Å². The Hall–Kier alpha value is -1.34. The number of rotatable bonds is 5. The van der Waals surface area contributed by atoms with E-state index in [1.165, 1.54) is 4.90 Å². The summed E-state index contributed by atoms with van der Waals surface area (Å²) in [5.41, 5.74) is -0.916. The van der Waals surface area contributed by atoms with Crippen LogP contribution in [0.2, 0.25) is 0 Å². The van der Waals surface area contributed by atoms with Crippen LogP contribution in [0.5, 0.6) is 0 Å².